The lowest BCUT2D eigenvalue weighted by atomic mass is 10.2. The van der Waals surface area contributed by atoms with E-state index in [1.165, 1.54) is 0 Å². The van der Waals surface area contributed by atoms with Crippen LogP contribution in [0.5, 0.6) is 0 Å². The smallest absolute Gasteiger partial charge is 0.315 e. The Morgan fingerprint density at radius 1 is 1.43 bits per heavy atom. The number of amides is 2. The van der Waals surface area contributed by atoms with Gasteiger partial charge in [0.2, 0.25) is 0 Å². The summed E-state index contributed by atoms with van der Waals surface area (Å²) < 4.78 is 2.08. The highest BCUT2D eigenvalue weighted by molar-refractivity contribution is 5.76. The maximum absolute atomic E-state index is 11.7. The molecule has 0 saturated heterocycles. The topological polar surface area (TPSA) is 79.2 Å². The van der Waals surface area contributed by atoms with Crippen LogP contribution in [0.1, 0.15) is 19.2 Å². The van der Waals surface area contributed by atoms with Crippen LogP contribution in [0.3, 0.4) is 0 Å². The Balaban J connectivity index is 1.90. The molecule has 1 aromatic heterocycles. The van der Waals surface area contributed by atoms with E-state index in [2.05, 4.69) is 20.2 Å². The fourth-order valence-corrected chi connectivity index (χ4v) is 2.27. The Hall–Kier alpha value is -2.08. The number of imidazole rings is 1. The zero-order valence-corrected chi connectivity index (χ0v) is 12.5. The first-order valence-electron chi connectivity index (χ1n) is 7.22. The largest absolute Gasteiger partial charge is 0.394 e. The zero-order chi connectivity index (χ0) is 15.2. The molecule has 2 rings (SSSR count). The molecular formula is C15H22N4O2. The number of aromatic nitrogens is 2. The van der Waals surface area contributed by atoms with Gasteiger partial charge in [0.1, 0.15) is 5.82 Å². The Kier molecular flexibility index (Phi) is 5.16. The molecule has 0 fully saturated rings. The number of aryl methyl sites for hydroxylation is 1. The van der Waals surface area contributed by atoms with E-state index in [0.717, 1.165) is 16.9 Å². The minimum atomic E-state index is -0.252. The monoisotopic (exact) mass is 290 g/mol. The summed E-state index contributed by atoms with van der Waals surface area (Å²) in [6.45, 7) is 5.00. The van der Waals surface area contributed by atoms with Crippen molar-refractivity contribution in [3.8, 4) is 0 Å². The molecule has 0 bridgehead atoms. The van der Waals surface area contributed by atoms with Crippen LogP contribution >= 0.6 is 0 Å². The standard InChI is InChI=1S/C15H22N4O2/c1-3-12(10-20)18-15(21)16-8-9-19-11(2)17-13-6-4-5-7-14(13)19/h4-7,12,20H,3,8-10H2,1-2H3,(H2,16,18,21). The maximum Gasteiger partial charge on any atom is 0.315 e. The van der Waals surface area contributed by atoms with Crippen molar-refractivity contribution in [1.82, 2.24) is 20.2 Å². The first-order valence-corrected chi connectivity index (χ1v) is 7.22. The van der Waals surface area contributed by atoms with Crippen LogP contribution in [-0.4, -0.2) is 39.9 Å². The van der Waals surface area contributed by atoms with Crippen molar-refractivity contribution >= 4 is 17.1 Å². The Morgan fingerprint density at radius 2 is 2.19 bits per heavy atom. The lowest BCUT2D eigenvalue weighted by molar-refractivity contribution is 0.214. The number of hydrogen-bond acceptors (Lipinski definition) is 3. The summed E-state index contributed by atoms with van der Waals surface area (Å²) >= 11 is 0. The Bertz CT molecular complexity index is 605. The molecule has 1 atom stereocenters. The molecule has 3 N–H and O–H groups in total. The fraction of sp³-hybridized carbons (Fsp3) is 0.467. The second-order valence-electron chi connectivity index (χ2n) is 4.99. The first-order chi connectivity index (χ1) is 10.2. The average molecular weight is 290 g/mol. The average Bonchev–Trinajstić information content (AvgIpc) is 2.81. The molecule has 0 spiro atoms. The number of nitrogens with zero attached hydrogens (tertiary/aromatic N) is 2. The number of carbonyl (C=O) groups excluding carboxylic acids is 1. The minimum absolute atomic E-state index is 0.0464. The molecule has 0 radical (unpaired) electrons. The van der Waals surface area contributed by atoms with Crippen LogP contribution in [0.25, 0.3) is 11.0 Å². The van der Waals surface area contributed by atoms with Crippen molar-refractivity contribution in [1.29, 1.82) is 0 Å². The number of aliphatic hydroxyl groups is 1. The SMILES string of the molecule is CCC(CO)NC(=O)NCCn1c(C)nc2ccccc21. The van der Waals surface area contributed by atoms with E-state index in [4.69, 9.17) is 5.11 Å². The number of urea groups is 1. The molecule has 0 aliphatic rings. The highest BCUT2D eigenvalue weighted by Crippen LogP contribution is 2.14. The summed E-state index contributed by atoms with van der Waals surface area (Å²) in [5, 5.41) is 14.6. The number of hydrogen-bond donors (Lipinski definition) is 3. The van der Waals surface area contributed by atoms with Gasteiger partial charge in [0.15, 0.2) is 0 Å². The molecule has 1 unspecified atom stereocenters. The van der Waals surface area contributed by atoms with Crippen LogP contribution in [0.4, 0.5) is 4.79 Å². The second-order valence-corrected chi connectivity index (χ2v) is 4.99. The number of aliphatic hydroxyl groups excluding tert-OH is 1. The summed E-state index contributed by atoms with van der Waals surface area (Å²) in [6, 6.07) is 7.50. The molecule has 1 aromatic carbocycles. The molecule has 0 saturated carbocycles. The number of carbonyl (C=O) groups is 1. The van der Waals surface area contributed by atoms with Gasteiger partial charge in [-0.25, -0.2) is 9.78 Å². The van der Waals surface area contributed by atoms with Crippen LogP contribution in [0, 0.1) is 6.92 Å². The third kappa shape index (κ3) is 3.72. The molecule has 1 heterocycles. The zero-order valence-electron chi connectivity index (χ0n) is 12.5. The quantitative estimate of drug-likeness (QED) is 0.752. The molecule has 114 valence electrons. The molecule has 6 heteroatoms. The maximum atomic E-state index is 11.7. The number of fused-ring (bicyclic) bond motifs is 1. The predicted molar refractivity (Wildman–Crippen MR) is 82.2 cm³/mol. The summed E-state index contributed by atoms with van der Waals surface area (Å²) in [7, 11) is 0. The van der Waals surface area contributed by atoms with E-state index in [9.17, 15) is 4.79 Å². The van der Waals surface area contributed by atoms with Crippen LogP contribution in [0.2, 0.25) is 0 Å². The minimum Gasteiger partial charge on any atom is -0.394 e. The fourth-order valence-electron chi connectivity index (χ4n) is 2.27. The number of rotatable bonds is 6. The third-order valence-electron chi connectivity index (χ3n) is 3.51. The molecule has 2 aromatic rings. The second kappa shape index (κ2) is 7.08. The molecular weight excluding hydrogens is 268 g/mol. The number of para-hydroxylation sites is 2. The van der Waals surface area contributed by atoms with Gasteiger partial charge >= 0.3 is 6.03 Å². The van der Waals surface area contributed by atoms with E-state index < -0.39 is 0 Å². The molecule has 0 aliphatic heterocycles. The van der Waals surface area contributed by atoms with Gasteiger partial charge in [0.05, 0.1) is 23.7 Å². The van der Waals surface area contributed by atoms with Gasteiger partial charge in [-0.3, -0.25) is 0 Å². The van der Waals surface area contributed by atoms with Gasteiger partial charge in [0, 0.05) is 13.1 Å². The van der Waals surface area contributed by atoms with E-state index >= 15 is 0 Å². The molecule has 21 heavy (non-hydrogen) atoms. The first kappa shape index (κ1) is 15.3. The predicted octanol–water partition coefficient (Wildman–Crippen LogP) is 1.41. The molecule has 2 amide bonds. The number of nitrogens with one attached hydrogen (secondary N) is 2. The van der Waals surface area contributed by atoms with Gasteiger partial charge in [0.25, 0.3) is 0 Å². The van der Waals surface area contributed by atoms with Gasteiger partial charge < -0.3 is 20.3 Å². The van der Waals surface area contributed by atoms with E-state index in [1.807, 2.05) is 38.1 Å². The van der Waals surface area contributed by atoms with Crippen molar-refractivity contribution in [2.75, 3.05) is 13.2 Å². The molecule has 0 aliphatic carbocycles. The van der Waals surface area contributed by atoms with Crippen molar-refractivity contribution < 1.29 is 9.90 Å². The van der Waals surface area contributed by atoms with E-state index in [-0.39, 0.29) is 18.7 Å². The lowest BCUT2D eigenvalue weighted by Crippen LogP contribution is -2.44. The van der Waals surface area contributed by atoms with Gasteiger partial charge in [-0.05, 0) is 25.5 Å². The normalized spacial score (nSPS) is 12.3. The summed E-state index contributed by atoms with van der Waals surface area (Å²) in [4.78, 5) is 16.2. The number of benzene rings is 1. The summed E-state index contributed by atoms with van der Waals surface area (Å²) in [6.07, 6.45) is 0.704. The van der Waals surface area contributed by atoms with E-state index in [0.29, 0.717) is 19.5 Å². The van der Waals surface area contributed by atoms with Crippen LogP contribution < -0.4 is 10.6 Å². The van der Waals surface area contributed by atoms with Crippen molar-refractivity contribution in [2.24, 2.45) is 0 Å². The highest BCUT2D eigenvalue weighted by Gasteiger charge is 2.09. The molecule has 6 nitrogen and oxygen atoms in total. The highest BCUT2D eigenvalue weighted by atomic mass is 16.3. The van der Waals surface area contributed by atoms with Gasteiger partial charge in [-0.15, -0.1) is 0 Å². The van der Waals surface area contributed by atoms with Crippen LogP contribution in [-0.2, 0) is 6.54 Å². The Morgan fingerprint density at radius 3 is 2.90 bits per heavy atom. The third-order valence-corrected chi connectivity index (χ3v) is 3.51. The van der Waals surface area contributed by atoms with Crippen molar-refractivity contribution in [3.63, 3.8) is 0 Å². The van der Waals surface area contributed by atoms with Crippen molar-refractivity contribution in [3.05, 3.63) is 30.1 Å². The van der Waals surface area contributed by atoms with Gasteiger partial charge in [-0.1, -0.05) is 19.1 Å². The Labute approximate surface area is 124 Å². The summed E-state index contributed by atoms with van der Waals surface area (Å²) in [5.74, 6) is 0.931. The van der Waals surface area contributed by atoms with E-state index in [1.54, 1.807) is 0 Å². The summed E-state index contributed by atoms with van der Waals surface area (Å²) in [5.41, 5.74) is 2.03. The van der Waals surface area contributed by atoms with Crippen LogP contribution in [0.15, 0.2) is 24.3 Å². The van der Waals surface area contributed by atoms with Gasteiger partial charge in [-0.2, -0.15) is 0 Å². The van der Waals surface area contributed by atoms with Crippen molar-refractivity contribution in [2.45, 2.75) is 32.9 Å². The lowest BCUT2D eigenvalue weighted by Gasteiger charge is -2.15.